The second-order valence-electron chi connectivity index (χ2n) is 5.61. The number of nitrogens with one attached hydrogen (secondary N) is 2. The Morgan fingerprint density at radius 3 is 2.52 bits per heavy atom. The minimum absolute atomic E-state index is 0.232. The molecule has 0 saturated heterocycles. The molecule has 0 unspecified atom stereocenters. The average Bonchev–Trinajstić information content (AvgIpc) is 3.27. The van der Waals surface area contributed by atoms with E-state index in [1.807, 2.05) is 0 Å². The lowest BCUT2D eigenvalue weighted by Crippen LogP contribution is -2.13. The lowest BCUT2D eigenvalue weighted by molar-refractivity contribution is 0.102. The number of hydrogen-bond acceptors (Lipinski definition) is 8. The van der Waals surface area contributed by atoms with Gasteiger partial charge >= 0.3 is 0 Å². The maximum atomic E-state index is 12.3. The standard InChI is InChI=1S/C16H16N4O3S4/c1-10(2)25-16-19-18-15(26-16)17-14(21)11-5-7-12(8-6-11)20-27(22,23)13-4-3-9-24-13/h3-10,20H,1-2H3,(H,17,18,21). The molecule has 3 rings (SSSR count). The smallest absolute Gasteiger partial charge is 0.271 e. The van der Waals surface area contributed by atoms with Gasteiger partial charge in [-0.15, -0.1) is 21.5 Å². The number of aromatic nitrogens is 2. The first-order valence-corrected chi connectivity index (χ1v) is 11.9. The van der Waals surface area contributed by atoms with E-state index in [0.717, 1.165) is 15.7 Å². The number of rotatable bonds is 7. The van der Waals surface area contributed by atoms with Crippen molar-refractivity contribution in [2.45, 2.75) is 27.6 Å². The average molecular weight is 441 g/mol. The van der Waals surface area contributed by atoms with Crippen molar-refractivity contribution in [3.8, 4) is 0 Å². The van der Waals surface area contributed by atoms with Gasteiger partial charge in [0.15, 0.2) is 4.34 Å². The van der Waals surface area contributed by atoms with E-state index >= 15 is 0 Å². The summed E-state index contributed by atoms with van der Waals surface area (Å²) in [6, 6.07) is 9.38. The van der Waals surface area contributed by atoms with Gasteiger partial charge in [0, 0.05) is 16.5 Å². The minimum atomic E-state index is -3.61. The van der Waals surface area contributed by atoms with Gasteiger partial charge in [-0.2, -0.15) is 0 Å². The van der Waals surface area contributed by atoms with Crippen molar-refractivity contribution in [2.75, 3.05) is 10.0 Å². The molecule has 0 aliphatic carbocycles. The molecule has 27 heavy (non-hydrogen) atoms. The second-order valence-corrected chi connectivity index (χ2v) is 11.3. The molecule has 0 bridgehead atoms. The second kappa shape index (κ2) is 8.38. The van der Waals surface area contributed by atoms with Gasteiger partial charge in [0.2, 0.25) is 5.13 Å². The molecule has 1 aromatic carbocycles. The zero-order chi connectivity index (χ0) is 19.4. The highest BCUT2D eigenvalue weighted by Gasteiger charge is 2.16. The summed E-state index contributed by atoms with van der Waals surface area (Å²) in [5, 5.41) is 13.2. The summed E-state index contributed by atoms with van der Waals surface area (Å²) in [4.78, 5) is 12.3. The van der Waals surface area contributed by atoms with Gasteiger partial charge in [-0.25, -0.2) is 8.42 Å². The maximum absolute atomic E-state index is 12.3. The van der Waals surface area contributed by atoms with Crippen molar-refractivity contribution in [3.05, 3.63) is 47.3 Å². The van der Waals surface area contributed by atoms with Gasteiger partial charge < -0.3 is 0 Å². The van der Waals surface area contributed by atoms with Gasteiger partial charge in [0.25, 0.3) is 15.9 Å². The van der Waals surface area contributed by atoms with Crippen molar-refractivity contribution in [1.29, 1.82) is 0 Å². The van der Waals surface area contributed by atoms with E-state index in [2.05, 4.69) is 34.1 Å². The van der Waals surface area contributed by atoms with E-state index in [-0.39, 0.29) is 10.1 Å². The van der Waals surface area contributed by atoms with Gasteiger partial charge in [0.05, 0.1) is 0 Å². The SMILES string of the molecule is CC(C)Sc1nnc(NC(=O)c2ccc(NS(=O)(=O)c3cccs3)cc2)s1. The summed E-state index contributed by atoms with van der Waals surface area (Å²) >= 11 is 4.03. The van der Waals surface area contributed by atoms with Gasteiger partial charge in [-0.3, -0.25) is 14.8 Å². The molecule has 0 fully saturated rings. The topological polar surface area (TPSA) is 101 Å². The molecule has 7 nitrogen and oxygen atoms in total. The summed E-state index contributed by atoms with van der Waals surface area (Å²) in [6.07, 6.45) is 0. The summed E-state index contributed by atoms with van der Waals surface area (Å²) in [7, 11) is -3.61. The molecule has 2 heterocycles. The lowest BCUT2D eigenvalue weighted by Gasteiger charge is -2.07. The monoisotopic (exact) mass is 440 g/mol. The molecule has 0 radical (unpaired) electrons. The van der Waals surface area contributed by atoms with Crippen LogP contribution >= 0.6 is 34.4 Å². The molecule has 11 heteroatoms. The van der Waals surface area contributed by atoms with E-state index in [1.54, 1.807) is 47.5 Å². The van der Waals surface area contributed by atoms with Crippen LogP contribution in [0.4, 0.5) is 10.8 Å². The summed E-state index contributed by atoms with van der Waals surface area (Å²) in [6.45, 7) is 4.11. The highest BCUT2D eigenvalue weighted by molar-refractivity contribution is 8.01. The lowest BCUT2D eigenvalue weighted by atomic mass is 10.2. The maximum Gasteiger partial charge on any atom is 0.271 e. The molecule has 2 aromatic heterocycles. The van der Waals surface area contributed by atoms with Crippen LogP contribution in [-0.4, -0.2) is 29.8 Å². The third-order valence-corrected chi connectivity index (χ3v) is 7.83. The van der Waals surface area contributed by atoms with Crippen LogP contribution in [0.3, 0.4) is 0 Å². The third-order valence-electron chi connectivity index (χ3n) is 3.12. The fraction of sp³-hybridized carbons (Fsp3) is 0.188. The van der Waals surface area contributed by atoms with Gasteiger partial charge in [0.1, 0.15) is 4.21 Å². The van der Waals surface area contributed by atoms with Crippen LogP contribution in [0.5, 0.6) is 0 Å². The zero-order valence-corrected chi connectivity index (χ0v) is 17.6. The molecule has 0 atom stereocenters. The minimum Gasteiger partial charge on any atom is -0.296 e. The largest absolute Gasteiger partial charge is 0.296 e. The van der Waals surface area contributed by atoms with Crippen LogP contribution in [0.25, 0.3) is 0 Å². The van der Waals surface area contributed by atoms with Crippen LogP contribution in [-0.2, 0) is 10.0 Å². The molecule has 2 N–H and O–H groups in total. The molecular formula is C16H16N4O3S4. The summed E-state index contributed by atoms with van der Waals surface area (Å²) in [5.41, 5.74) is 0.772. The van der Waals surface area contributed by atoms with Crippen molar-refractivity contribution < 1.29 is 13.2 Å². The number of thiophene rings is 1. The molecule has 142 valence electrons. The quantitative estimate of drug-likeness (QED) is 0.423. The van der Waals surface area contributed by atoms with Crippen LogP contribution < -0.4 is 10.0 Å². The van der Waals surface area contributed by atoms with Crippen molar-refractivity contribution in [3.63, 3.8) is 0 Å². The van der Waals surface area contributed by atoms with Crippen LogP contribution in [0.2, 0.25) is 0 Å². The Kier molecular flexibility index (Phi) is 6.15. The van der Waals surface area contributed by atoms with Crippen LogP contribution in [0, 0.1) is 0 Å². The van der Waals surface area contributed by atoms with Crippen LogP contribution in [0.15, 0.2) is 50.3 Å². The number of hydrogen-bond donors (Lipinski definition) is 2. The Balaban J connectivity index is 1.64. The Hall–Kier alpha value is -1.95. The van der Waals surface area contributed by atoms with Crippen LogP contribution in [0.1, 0.15) is 24.2 Å². The molecule has 0 spiro atoms. The fourth-order valence-electron chi connectivity index (χ4n) is 1.99. The number of amides is 1. The molecule has 0 aliphatic heterocycles. The Labute approximate surface area is 169 Å². The first kappa shape index (κ1) is 19.8. The van der Waals surface area contributed by atoms with Crippen molar-refractivity contribution >= 4 is 61.2 Å². The molecule has 0 saturated carbocycles. The first-order chi connectivity index (χ1) is 12.8. The number of sulfonamides is 1. The number of anilines is 2. The highest BCUT2D eigenvalue weighted by Crippen LogP contribution is 2.28. The van der Waals surface area contributed by atoms with Gasteiger partial charge in [-0.1, -0.05) is 43.0 Å². The fourth-order valence-corrected chi connectivity index (χ4v) is 6.01. The van der Waals surface area contributed by atoms with Crippen molar-refractivity contribution in [1.82, 2.24) is 10.2 Å². The number of thioether (sulfide) groups is 1. The Bertz CT molecular complexity index is 1010. The zero-order valence-electron chi connectivity index (χ0n) is 14.4. The van der Waals surface area contributed by atoms with E-state index < -0.39 is 10.0 Å². The first-order valence-electron chi connectivity index (χ1n) is 7.81. The van der Waals surface area contributed by atoms with Crippen molar-refractivity contribution in [2.24, 2.45) is 0 Å². The van der Waals surface area contributed by atoms with E-state index in [4.69, 9.17) is 0 Å². The number of nitrogens with zero attached hydrogens (tertiary/aromatic N) is 2. The Morgan fingerprint density at radius 2 is 1.89 bits per heavy atom. The third kappa shape index (κ3) is 5.28. The van der Waals surface area contributed by atoms with E-state index in [0.29, 0.717) is 21.6 Å². The number of carbonyl (C=O) groups is 1. The predicted octanol–water partition coefficient (Wildman–Crippen LogP) is 4.15. The van der Waals surface area contributed by atoms with Gasteiger partial charge in [-0.05, 0) is 35.7 Å². The number of benzene rings is 1. The summed E-state index contributed by atoms with van der Waals surface area (Å²) < 4.78 is 27.9. The number of carbonyl (C=O) groups excluding carboxylic acids is 1. The molecule has 1 amide bonds. The Morgan fingerprint density at radius 1 is 1.15 bits per heavy atom. The molecule has 3 aromatic rings. The molecule has 0 aliphatic rings. The van der Waals surface area contributed by atoms with E-state index in [1.165, 1.54) is 17.4 Å². The van der Waals surface area contributed by atoms with E-state index in [9.17, 15) is 13.2 Å². The normalized spacial score (nSPS) is 11.5. The predicted molar refractivity (Wildman–Crippen MR) is 110 cm³/mol. The molecular weight excluding hydrogens is 424 g/mol. The summed E-state index contributed by atoms with van der Waals surface area (Å²) in [5.74, 6) is -0.333. The highest BCUT2D eigenvalue weighted by atomic mass is 32.2.